The van der Waals surface area contributed by atoms with Crippen LogP contribution in [0, 0.1) is 10.1 Å². The number of hydrogen-bond donors (Lipinski definition) is 3. The van der Waals surface area contributed by atoms with E-state index in [0.29, 0.717) is 11.3 Å². The second kappa shape index (κ2) is 8.00. The van der Waals surface area contributed by atoms with Crippen molar-refractivity contribution < 1.29 is 10.0 Å². The summed E-state index contributed by atoms with van der Waals surface area (Å²) >= 11 is 0. The van der Waals surface area contributed by atoms with E-state index in [1.807, 2.05) is 6.07 Å². The first-order valence-electron chi connectivity index (χ1n) is 9.56. The van der Waals surface area contributed by atoms with E-state index in [9.17, 15) is 15.2 Å². The number of para-hydroxylation sites is 1. The van der Waals surface area contributed by atoms with E-state index in [2.05, 4.69) is 39.6 Å². The molecule has 0 amide bonds. The number of aliphatic hydroxyl groups is 1. The highest BCUT2D eigenvalue weighted by molar-refractivity contribution is 5.82. The molecule has 0 bridgehead atoms. The van der Waals surface area contributed by atoms with Gasteiger partial charge in [0.25, 0.3) is 5.69 Å². The molecule has 1 aliphatic rings. The summed E-state index contributed by atoms with van der Waals surface area (Å²) in [7, 11) is 0. The number of nitrogens with one attached hydrogen (secondary N) is 2. The second-order valence-electron chi connectivity index (χ2n) is 7.34. The molecular formula is C21H24N4O3. The van der Waals surface area contributed by atoms with Crippen LogP contribution in [0.15, 0.2) is 48.7 Å². The Kier molecular flexibility index (Phi) is 5.27. The predicted octanol–water partition coefficient (Wildman–Crippen LogP) is 3.64. The number of H-pyrrole nitrogens is 1. The van der Waals surface area contributed by atoms with Crippen LogP contribution < -0.4 is 5.32 Å². The van der Waals surface area contributed by atoms with E-state index in [4.69, 9.17) is 0 Å². The summed E-state index contributed by atoms with van der Waals surface area (Å²) < 4.78 is 0. The third-order valence-corrected chi connectivity index (χ3v) is 5.38. The molecule has 7 nitrogen and oxygen atoms in total. The van der Waals surface area contributed by atoms with Gasteiger partial charge in [0.05, 0.1) is 11.5 Å². The number of benzene rings is 2. The lowest BCUT2D eigenvalue weighted by Gasteiger charge is -2.33. The summed E-state index contributed by atoms with van der Waals surface area (Å²) in [6.45, 7) is 2.50. The molecule has 28 heavy (non-hydrogen) atoms. The van der Waals surface area contributed by atoms with Gasteiger partial charge in [-0.1, -0.05) is 24.3 Å². The van der Waals surface area contributed by atoms with Crippen LogP contribution in [0.1, 0.15) is 24.0 Å². The van der Waals surface area contributed by atoms with E-state index in [0.717, 1.165) is 38.0 Å². The minimum atomic E-state index is -0.395. The highest BCUT2D eigenvalue weighted by Crippen LogP contribution is 2.28. The number of aromatic nitrogens is 1. The Balaban J connectivity index is 1.46. The molecule has 1 aliphatic heterocycles. The standard InChI is InChI=1S/C21H24N4O3/c26-14-15-7-8-20(21(10-15)25(27)28)23-17-4-3-9-24(13-17)12-16-11-22-19-6-2-1-5-18(16)19/h1-2,5-8,10-11,17,22-23,26H,3-4,9,12-14H2. The average Bonchev–Trinajstić information content (AvgIpc) is 3.11. The van der Waals surface area contributed by atoms with E-state index in [1.165, 1.54) is 17.0 Å². The zero-order valence-corrected chi connectivity index (χ0v) is 15.6. The van der Waals surface area contributed by atoms with Crippen molar-refractivity contribution in [3.63, 3.8) is 0 Å². The number of hydrogen-bond acceptors (Lipinski definition) is 5. The molecule has 7 heteroatoms. The van der Waals surface area contributed by atoms with Crippen molar-refractivity contribution in [2.45, 2.75) is 32.0 Å². The Bertz CT molecular complexity index is 985. The monoisotopic (exact) mass is 380 g/mol. The van der Waals surface area contributed by atoms with Gasteiger partial charge in [0.2, 0.25) is 0 Å². The first-order chi connectivity index (χ1) is 13.6. The number of fused-ring (bicyclic) bond motifs is 1. The van der Waals surface area contributed by atoms with Crippen LogP contribution in [0.5, 0.6) is 0 Å². The van der Waals surface area contributed by atoms with Crippen LogP contribution in [0.2, 0.25) is 0 Å². The van der Waals surface area contributed by atoms with Crippen molar-refractivity contribution in [3.8, 4) is 0 Å². The molecule has 0 aliphatic carbocycles. The van der Waals surface area contributed by atoms with Gasteiger partial charge in [-0.05, 0) is 42.6 Å². The van der Waals surface area contributed by atoms with E-state index >= 15 is 0 Å². The van der Waals surface area contributed by atoms with Crippen LogP contribution in [0.4, 0.5) is 11.4 Å². The number of nitro benzene ring substituents is 1. The molecular weight excluding hydrogens is 356 g/mol. The first-order valence-corrected chi connectivity index (χ1v) is 9.56. The van der Waals surface area contributed by atoms with Crippen molar-refractivity contribution in [2.75, 3.05) is 18.4 Å². The smallest absolute Gasteiger partial charge is 0.292 e. The number of anilines is 1. The Labute approximate surface area is 163 Å². The summed E-state index contributed by atoms with van der Waals surface area (Å²) in [5.41, 5.74) is 3.49. The fourth-order valence-corrected chi connectivity index (χ4v) is 3.99. The fourth-order valence-electron chi connectivity index (χ4n) is 3.99. The van der Waals surface area contributed by atoms with Gasteiger partial charge >= 0.3 is 0 Å². The van der Waals surface area contributed by atoms with Gasteiger partial charge in [0.15, 0.2) is 0 Å². The summed E-state index contributed by atoms with van der Waals surface area (Å²) in [4.78, 5) is 16.7. The number of aliphatic hydroxyl groups excluding tert-OH is 1. The third-order valence-electron chi connectivity index (χ3n) is 5.38. The predicted molar refractivity (Wildman–Crippen MR) is 109 cm³/mol. The molecule has 146 valence electrons. The minimum absolute atomic E-state index is 0.0142. The molecule has 4 rings (SSSR count). The van der Waals surface area contributed by atoms with Crippen molar-refractivity contribution in [3.05, 3.63) is 69.9 Å². The average molecular weight is 380 g/mol. The van der Waals surface area contributed by atoms with E-state index in [-0.39, 0.29) is 18.3 Å². The Morgan fingerprint density at radius 2 is 2.14 bits per heavy atom. The summed E-state index contributed by atoms with van der Waals surface area (Å²) in [6, 6.07) is 13.3. The molecule has 1 saturated heterocycles. The van der Waals surface area contributed by atoms with Gasteiger partial charge in [0, 0.05) is 42.3 Å². The number of nitro groups is 1. The Hall–Kier alpha value is -2.90. The molecule has 0 radical (unpaired) electrons. The second-order valence-corrected chi connectivity index (χ2v) is 7.34. The molecule has 2 aromatic carbocycles. The van der Waals surface area contributed by atoms with Gasteiger partial charge in [-0.3, -0.25) is 15.0 Å². The highest BCUT2D eigenvalue weighted by atomic mass is 16.6. The molecule has 1 atom stereocenters. The molecule has 2 heterocycles. The molecule has 3 aromatic rings. The normalized spacial score (nSPS) is 17.7. The van der Waals surface area contributed by atoms with Gasteiger partial charge in [-0.15, -0.1) is 0 Å². The first kappa shape index (κ1) is 18.5. The van der Waals surface area contributed by atoms with Crippen molar-refractivity contribution >= 4 is 22.3 Å². The van der Waals surface area contributed by atoms with E-state index < -0.39 is 4.92 Å². The van der Waals surface area contributed by atoms with Crippen molar-refractivity contribution in [1.82, 2.24) is 9.88 Å². The SMILES string of the molecule is O=[N+]([O-])c1cc(CO)ccc1NC1CCCN(Cc2c[nH]c3ccccc23)C1. The molecule has 0 spiro atoms. The Morgan fingerprint density at radius 1 is 1.29 bits per heavy atom. The maximum absolute atomic E-state index is 11.4. The maximum atomic E-state index is 11.4. The number of piperidine rings is 1. The number of aromatic amines is 1. The van der Waals surface area contributed by atoms with Gasteiger partial charge in [-0.25, -0.2) is 0 Å². The maximum Gasteiger partial charge on any atom is 0.292 e. The largest absolute Gasteiger partial charge is 0.392 e. The molecule has 1 aromatic heterocycles. The number of rotatable bonds is 6. The number of likely N-dealkylation sites (tertiary alicyclic amines) is 1. The van der Waals surface area contributed by atoms with E-state index in [1.54, 1.807) is 12.1 Å². The molecule has 3 N–H and O–H groups in total. The summed E-state index contributed by atoms with van der Waals surface area (Å²) in [6.07, 6.45) is 4.09. The lowest BCUT2D eigenvalue weighted by atomic mass is 10.0. The van der Waals surface area contributed by atoms with Gasteiger partial charge in [-0.2, -0.15) is 0 Å². The van der Waals surface area contributed by atoms with Crippen molar-refractivity contribution in [2.24, 2.45) is 0 Å². The third kappa shape index (κ3) is 3.85. The zero-order valence-electron chi connectivity index (χ0n) is 15.6. The van der Waals surface area contributed by atoms with Crippen LogP contribution in [-0.2, 0) is 13.2 Å². The topological polar surface area (TPSA) is 94.4 Å². The highest BCUT2D eigenvalue weighted by Gasteiger charge is 2.23. The van der Waals surface area contributed by atoms with Crippen LogP contribution >= 0.6 is 0 Å². The minimum Gasteiger partial charge on any atom is -0.392 e. The van der Waals surface area contributed by atoms with Crippen LogP contribution in [-0.4, -0.2) is 39.0 Å². The van der Waals surface area contributed by atoms with Crippen LogP contribution in [0.25, 0.3) is 10.9 Å². The summed E-state index contributed by atoms with van der Waals surface area (Å²) in [5, 5.41) is 25.2. The molecule has 1 unspecified atom stereocenters. The lowest BCUT2D eigenvalue weighted by Crippen LogP contribution is -2.41. The lowest BCUT2D eigenvalue weighted by molar-refractivity contribution is -0.384. The molecule has 1 fully saturated rings. The van der Waals surface area contributed by atoms with Gasteiger partial charge in [0.1, 0.15) is 5.69 Å². The quantitative estimate of drug-likeness (QED) is 0.448. The van der Waals surface area contributed by atoms with Gasteiger partial charge < -0.3 is 15.4 Å². The number of nitrogens with zero attached hydrogens (tertiary/aromatic N) is 2. The van der Waals surface area contributed by atoms with Crippen LogP contribution in [0.3, 0.4) is 0 Å². The fraction of sp³-hybridized carbons (Fsp3) is 0.333. The zero-order chi connectivity index (χ0) is 19.5. The molecule has 0 saturated carbocycles. The summed E-state index contributed by atoms with van der Waals surface area (Å²) in [5.74, 6) is 0. The van der Waals surface area contributed by atoms with Crippen molar-refractivity contribution in [1.29, 1.82) is 0 Å². The Morgan fingerprint density at radius 3 is 2.96 bits per heavy atom.